The van der Waals surface area contributed by atoms with E-state index in [0.717, 1.165) is 0 Å². The van der Waals surface area contributed by atoms with Crippen LogP contribution in [0.2, 0.25) is 0 Å². The van der Waals surface area contributed by atoms with Crippen LogP contribution < -0.4 is 0 Å². The Morgan fingerprint density at radius 2 is 2.00 bits per heavy atom. The second-order valence-corrected chi connectivity index (χ2v) is 3.26. The summed E-state index contributed by atoms with van der Waals surface area (Å²) in [6.07, 6.45) is -5.48. The summed E-state index contributed by atoms with van der Waals surface area (Å²) in [5.74, 6) is 0. The zero-order valence-corrected chi connectivity index (χ0v) is 9.50. The monoisotopic (exact) mass is 243 g/mol. The zero-order chi connectivity index (χ0) is 12.8. The van der Waals surface area contributed by atoms with Crippen molar-refractivity contribution in [3.8, 4) is 0 Å². The molecule has 1 atom stereocenters. The smallest absolute Gasteiger partial charge is 0.422 e. The Labute approximate surface area is 92.3 Å². The maximum atomic E-state index is 11.8. The van der Waals surface area contributed by atoms with Gasteiger partial charge in [0.05, 0.1) is 12.6 Å². The minimum absolute atomic E-state index is 0.245. The number of rotatable bonds is 5. The van der Waals surface area contributed by atoms with E-state index in [1.807, 2.05) is 0 Å². The van der Waals surface area contributed by atoms with Crippen LogP contribution in [-0.2, 0) is 9.47 Å². The first-order chi connectivity index (χ1) is 7.31. The Hall–Kier alpha value is -0.980. The molecule has 0 aliphatic rings. The number of methoxy groups -OCH3 is 1. The number of carbonyl (C=O) groups excluding carboxylic acids is 1. The summed E-state index contributed by atoms with van der Waals surface area (Å²) in [7, 11) is 1.45. The van der Waals surface area contributed by atoms with Crippen LogP contribution in [-0.4, -0.2) is 50.1 Å². The molecule has 0 N–H and O–H groups in total. The molecule has 0 bridgehead atoms. The molecule has 0 aromatic rings. The second-order valence-electron chi connectivity index (χ2n) is 3.26. The number of alkyl halides is 3. The van der Waals surface area contributed by atoms with Crippen LogP contribution in [0.1, 0.15) is 13.8 Å². The third-order valence-electron chi connectivity index (χ3n) is 1.87. The topological polar surface area (TPSA) is 38.8 Å². The van der Waals surface area contributed by atoms with Crippen LogP contribution >= 0.6 is 0 Å². The largest absolute Gasteiger partial charge is 0.440 e. The van der Waals surface area contributed by atoms with E-state index in [9.17, 15) is 18.0 Å². The summed E-state index contributed by atoms with van der Waals surface area (Å²) in [5, 5.41) is 0. The third kappa shape index (κ3) is 5.79. The van der Waals surface area contributed by atoms with Crippen molar-refractivity contribution in [2.45, 2.75) is 26.1 Å². The molecule has 0 spiro atoms. The number of carbonyl (C=O) groups is 1. The number of amides is 1. The Morgan fingerprint density at radius 1 is 1.44 bits per heavy atom. The van der Waals surface area contributed by atoms with Crippen molar-refractivity contribution >= 4 is 6.09 Å². The lowest BCUT2D eigenvalue weighted by Gasteiger charge is -2.26. The SMILES string of the molecule is CCN(C(=O)OCC(F)(F)F)C(C)COC. The number of hydrogen-bond donors (Lipinski definition) is 0. The molecule has 0 radical (unpaired) electrons. The van der Waals surface area contributed by atoms with E-state index >= 15 is 0 Å². The van der Waals surface area contributed by atoms with Crippen LogP contribution in [0.3, 0.4) is 0 Å². The van der Waals surface area contributed by atoms with Gasteiger partial charge >= 0.3 is 12.3 Å². The van der Waals surface area contributed by atoms with Crippen molar-refractivity contribution < 1.29 is 27.4 Å². The highest BCUT2D eigenvalue weighted by molar-refractivity contribution is 5.68. The quantitative estimate of drug-likeness (QED) is 0.741. The number of halogens is 3. The van der Waals surface area contributed by atoms with Crippen LogP contribution in [0.5, 0.6) is 0 Å². The van der Waals surface area contributed by atoms with Gasteiger partial charge in [0.15, 0.2) is 6.61 Å². The third-order valence-corrected chi connectivity index (χ3v) is 1.87. The molecule has 0 heterocycles. The van der Waals surface area contributed by atoms with Crippen LogP contribution in [0.4, 0.5) is 18.0 Å². The Kier molecular flexibility index (Phi) is 6.17. The van der Waals surface area contributed by atoms with Gasteiger partial charge in [-0.3, -0.25) is 0 Å². The van der Waals surface area contributed by atoms with Gasteiger partial charge in [0.2, 0.25) is 0 Å². The number of hydrogen-bond acceptors (Lipinski definition) is 3. The minimum atomic E-state index is -4.50. The second kappa shape index (κ2) is 6.57. The predicted octanol–water partition coefficient (Wildman–Crippen LogP) is 2.04. The molecule has 0 fully saturated rings. The molecule has 0 rings (SSSR count). The Balaban J connectivity index is 4.21. The molecule has 0 aliphatic carbocycles. The molecule has 1 unspecified atom stereocenters. The van der Waals surface area contributed by atoms with Crippen LogP contribution in [0.25, 0.3) is 0 Å². The average Bonchev–Trinajstić information content (AvgIpc) is 2.15. The lowest BCUT2D eigenvalue weighted by molar-refractivity contribution is -0.163. The maximum absolute atomic E-state index is 11.8. The normalized spacial score (nSPS) is 13.4. The van der Waals surface area contributed by atoms with E-state index < -0.39 is 18.9 Å². The molecule has 0 saturated heterocycles. The predicted molar refractivity (Wildman–Crippen MR) is 51.1 cm³/mol. The van der Waals surface area contributed by atoms with Gasteiger partial charge in [-0.25, -0.2) is 4.79 Å². The minimum Gasteiger partial charge on any atom is -0.440 e. The highest BCUT2D eigenvalue weighted by Crippen LogP contribution is 2.15. The summed E-state index contributed by atoms with van der Waals surface area (Å²) in [4.78, 5) is 12.5. The molecule has 7 heteroatoms. The standard InChI is InChI=1S/C9H16F3NO3/c1-4-13(7(2)5-15-3)8(14)16-6-9(10,11)12/h7H,4-6H2,1-3H3. The molecule has 1 amide bonds. The van der Waals surface area contributed by atoms with E-state index in [0.29, 0.717) is 0 Å². The van der Waals surface area contributed by atoms with E-state index in [4.69, 9.17) is 4.74 Å². The van der Waals surface area contributed by atoms with Gasteiger partial charge in [0, 0.05) is 13.7 Å². The summed E-state index contributed by atoms with van der Waals surface area (Å²) >= 11 is 0. The van der Waals surface area contributed by atoms with Crippen molar-refractivity contribution in [1.29, 1.82) is 0 Å². The van der Waals surface area contributed by atoms with Crippen molar-refractivity contribution in [1.82, 2.24) is 4.90 Å². The molecule has 4 nitrogen and oxygen atoms in total. The van der Waals surface area contributed by atoms with Gasteiger partial charge in [-0.1, -0.05) is 0 Å². The zero-order valence-electron chi connectivity index (χ0n) is 9.50. The van der Waals surface area contributed by atoms with Crippen molar-refractivity contribution in [3.63, 3.8) is 0 Å². The summed E-state index contributed by atoms with van der Waals surface area (Å²) in [6.45, 7) is 2.26. The van der Waals surface area contributed by atoms with E-state index in [1.165, 1.54) is 12.0 Å². The summed E-state index contributed by atoms with van der Waals surface area (Å²) < 4.78 is 44.4. The van der Waals surface area contributed by atoms with Crippen molar-refractivity contribution in [2.75, 3.05) is 26.9 Å². The van der Waals surface area contributed by atoms with E-state index in [-0.39, 0.29) is 19.2 Å². The molecule has 16 heavy (non-hydrogen) atoms. The fraction of sp³-hybridized carbons (Fsp3) is 0.889. The van der Waals surface area contributed by atoms with Gasteiger partial charge in [0.1, 0.15) is 0 Å². The average molecular weight is 243 g/mol. The fourth-order valence-corrected chi connectivity index (χ4v) is 1.18. The molecule has 0 aliphatic heterocycles. The molecular weight excluding hydrogens is 227 g/mol. The first-order valence-corrected chi connectivity index (χ1v) is 4.81. The molecule has 0 aromatic heterocycles. The van der Waals surface area contributed by atoms with E-state index in [2.05, 4.69) is 4.74 Å². The first-order valence-electron chi connectivity index (χ1n) is 4.81. The van der Waals surface area contributed by atoms with Crippen molar-refractivity contribution in [2.24, 2.45) is 0 Å². The maximum Gasteiger partial charge on any atom is 0.422 e. The summed E-state index contributed by atoms with van der Waals surface area (Å²) in [6, 6.07) is -0.323. The van der Waals surface area contributed by atoms with Gasteiger partial charge in [0.25, 0.3) is 0 Å². The lowest BCUT2D eigenvalue weighted by Crippen LogP contribution is -2.42. The van der Waals surface area contributed by atoms with Gasteiger partial charge in [-0.15, -0.1) is 0 Å². The molecule has 0 aromatic carbocycles. The fourth-order valence-electron chi connectivity index (χ4n) is 1.18. The molecule has 0 saturated carbocycles. The number of likely N-dealkylation sites (N-methyl/N-ethyl adjacent to an activating group) is 1. The highest BCUT2D eigenvalue weighted by atomic mass is 19.4. The van der Waals surface area contributed by atoms with Crippen molar-refractivity contribution in [3.05, 3.63) is 0 Å². The summed E-state index contributed by atoms with van der Waals surface area (Å²) in [5.41, 5.74) is 0. The van der Waals surface area contributed by atoms with Crippen LogP contribution in [0.15, 0.2) is 0 Å². The van der Waals surface area contributed by atoms with Gasteiger partial charge < -0.3 is 14.4 Å². The Bertz CT molecular complexity index is 221. The van der Waals surface area contributed by atoms with Gasteiger partial charge in [-0.2, -0.15) is 13.2 Å². The van der Waals surface area contributed by atoms with E-state index in [1.54, 1.807) is 13.8 Å². The molecule has 96 valence electrons. The first kappa shape index (κ1) is 15.0. The highest BCUT2D eigenvalue weighted by Gasteiger charge is 2.31. The van der Waals surface area contributed by atoms with Gasteiger partial charge in [-0.05, 0) is 13.8 Å². The van der Waals surface area contributed by atoms with Crippen LogP contribution in [0, 0.1) is 0 Å². The lowest BCUT2D eigenvalue weighted by atomic mass is 10.3. The Morgan fingerprint density at radius 3 is 2.38 bits per heavy atom. The molecular formula is C9H16F3NO3. The number of nitrogens with zero attached hydrogens (tertiary/aromatic N) is 1. The number of ether oxygens (including phenoxy) is 2.